The summed E-state index contributed by atoms with van der Waals surface area (Å²) < 4.78 is 13.3. The third-order valence-corrected chi connectivity index (χ3v) is 4.21. The van der Waals surface area contributed by atoms with Crippen LogP contribution in [-0.4, -0.2) is 36.6 Å². The standard InChI is InChI=1S/C15H21ClFN3O/c1-3-20-6-4-5-11(20)9-18-15(21)19-14-7-10(2)13(17)8-12(14)16/h7-8,11H,3-6,9H2,1-2H3,(H2,18,19,21)/t11-/m1/s1. The van der Waals surface area contributed by atoms with Crippen molar-refractivity contribution in [3.8, 4) is 0 Å². The molecule has 1 aromatic carbocycles. The molecule has 0 saturated carbocycles. The molecule has 116 valence electrons. The summed E-state index contributed by atoms with van der Waals surface area (Å²) in [6, 6.07) is 2.82. The quantitative estimate of drug-likeness (QED) is 0.895. The molecular formula is C15H21ClFN3O. The van der Waals surface area contributed by atoms with Gasteiger partial charge in [-0.1, -0.05) is 18.5 Å². The van der Waals surface area contributed by atoms with E-state index in [0.717, 1.165) is 19.5 Å². The van der Waals surface area contributed by atoms with Gasteiger partial charge in [0.2, 0.25) is 0 Å². The number of nitrogens with zero attached hydrogens (tertiary/aromatic N) is 1. The number of anilines is 1. The first-order chi connectivity index (χ1) is 10.0. The minimum atomic E-state index is -0.379. The smallest absolute Gasteiger partial charge is 0.319 e. The van der Waals surface area contributed by atoms with E-state index in [-0.39, 0.29) is 16.9 Å². The number of hydrogen-bond donors (Lipinski definition) is 2. The Kier molecular flexibility index (Phi) is 5.42. The SMILES string of the molecule is CCN1CCC[C@@H]1CNC(=O)Nc1cc(C)c(F)cc1Cl. The van der Waals surface area contributed by atoms with Gasteiger partial charge in [0.25, 0.3) is 0 Å². The topological polar surface area (TPSA) is 44.4 Å². The molecule has 1 saturated heterocycles. The van der Waals surface area contributed by atoms with Gasteiger partial charge in [-0.15, -0.1) is 0 Å². The number of carbonyl (C=O) groups is 1. The molecule has 1 aliphatic heterocycles. The second-order valence-electron chi connectivity index (χ2n) is 5.34. The maximum absolute atomic E-state index is 13.3. The van der Waals surface area contributed by atoms with Gasteiger partial charge in [0.1, 0.15) is 5.82 Å². The third-order valence-electron chi connectivity index (χ3n) is 3.90. The van der Waals surface area contributed by atoms with Crippen molar-refractivity contribution in [1.82, 2.24) is 10.2 Å². The zero-order valence-corrected chi connectivity index (χ0v) is 13.1. The first-order valence-corrected chi connectivity index (χ1v) is 7.63. The Hall–Kier alpha value is -1.33. The van der Waals surface area contributed by atoms with Gasteiger partial charge in [-0.2, -0.15) is 0 Å². The number of likely N-dealkylation sites (tertiary alicyclic amines) is 1. The van der Waals surface area contributed by atoms with Gasteiger partial charge in [0.15, 0.2) is 0 Å². The van der Waals surface area contributed by atoms with Crippen LogP contribution < -0.4 is 10.6 Å². The van der Waals surface area contributed by atoms with Crippen LogP contribution in [0.2, 0.25) is 5.02 Å². The molecular weight excluding hydrogens is 293 g/mol. The van der Waals surface area contributed by atoms with Gasteiger partial charge >= 0.3 is 6.03 Å². The Labute approximate surface area is 129 Å². The number of halogens is 2. The summed E-state index contributed by atoms with van der Waals surface area (Å²) in [5, 5.41) is 5.72. The molecule has 21 heavy (non-hydrogen) atoms. The van der Waals surface area contributed by atoms with E-state index in [9.17, 15) is 9.18 Å². The minimum Gasteiger partial charge on any atom is -0.336 e. The van der Waals surface area contributed by atoms with Gasteiger partial charge in [-0.05, 0) is 50.6 Å². The van der Waals surface area contributed by atoms with Crippen molar-refractivity contribution in [3.63, 3.8) is 0 Å². The van der Waals surface area contributed by atoms with Gasteiger partial charge in [-0.3, -0.25) is 4.90 Å². The first-order valence-electron chi connectivity index (χ1n) is 7.25. The number of carbonyl (C=O) groups excluding carboxylic acids is 1. The Morgan fingerprint density at radius 3 is 3.00 bits per heavy atom. The van der Waals surface area contributed by atoms with Gasteiger partial charge in [0, 0.05) is 12.6 Å². The van der Waals surface area contributed by atoms with Crippen molar-refractivity contribution in [2.45, 2.75) is 32.7 Å². The van der Waals surface area contributed by atoms with E-state index >= 15 is 0 Å². The minimum absolute atomic E-state index is 0.198. The van der Waals surface area contributed by atoms with Crippen LogP contribution in [0, 0.1) is 12.7 Å². The zero-order valence-electron chi connectivity index (χ0n) is 12.4. The lowest BCUT2D eigenvalue weighted by Crippen LogP contribution is -2.41. The van der Waals surface area contributed by atoms with Crippen LogP contribution in [-0.2, 0) is 0 Å². The number of amides is 2. The predicted molar refractivity (Wildman–Crippen MR) is 83.4 cm³/mol. The van der Waals surface area contributed by atoms with E-state index < -0.39 is 0 Å². The van der Waals surface area contributed by atoms with Crippen molar-refractivity contribution in [2.75, 3.05) is 25.0 Å². The lowest BCUT2D eigenvalue weighted by atomic mass is 10.2. The summed E-state index contributed by atoms with van der Waals surface area (Å²) in [4.78, 5) is 14.3. The number of hydrogen-bond acceptors (Lipinski definition) is 2. The molecule has 1 aromatic rings. The number of likely N-dealkylation sites (N-methyl/N-ethyl adjacent to an activating group) is 1. The summed E-state index contributed by atoms with van der Waals surface area (Å²) in [6.45, 7) is 6.45. The molecule has 0 bridgehead atoms. The largest absolute Gasteiger partial charge is 0.336 e. The van der Waals surface area contributed by atoms with Crippen LogP contribution in [0.25, 0.3) is 0 Å². The monoisotopic (exact) mass is 313 g/mol. The van der Waals surface area contributed by atoms with Gasteiger partial charge in [0.05, 0.1) is 10.7 Å². The van der Waals surface area contributed by atoms with Crippen LogP contribution in [0.5, 0.6) is 0 Å². The third kappa shape index (κ3) is 4.08. The normalized spacial score (nSPS) is 18.8. The molecule has 0 aliphatic carbocycles. The lowest BCUT2D eigenvalue weighted by Gasteiger charge is -2.23. The Morgan fingerprint density at radius 1 is 1.52 bits per heavy atom. The maximum Gasteiger partial charge on any atom is 0.319 e. The van der Waals surface area contributed by atoms with E-state index in [1.807, 2.05) is 0 Å². The van der Waals surface area contributed by atoms with Crippen LogP contribution in [0.1, 0.15) is 25.3 Å². The van der Waals surface area contributed by atoms with Crippen molar-refractivity contribution >= 4 is 23.3 Å². The fourth-order valence-electron chi connectivity index (χ4n) is 2.67. The van der Waals surface area contributed by atoms with Gasteiger partial charge < -0.3 is 10.6 Å². The summed E-state index contributed by atoms with van der Waals surface area (Å²) in [6.07, 6.45) is 2.27. The van der Waals surface area contributed by atoms with Gasteiger partial charge in [-0.25, -0.2) is 9.18 Å². The highest BCUT2D eigenvalue weighted by Gasteiger charge is 2.23. The number of rotatable bonds is 4. The van der Waals surface area contributed by atoms with Crippen LogP contribution in [0.3, 0.4) is 0 Å². The molecule has 0 radical (unpaired) electrons. The van der Waals surface area contributed by atoms with Crippen molar-refractivity contribution in [1.29, 1.82) is 0 Å². The molecule has 2 rings (SSSR count). The molecule has 0 spiro atoms. The number of aryl methyl sites for hydroxylation is 1. The number of urea groups is 1. The summed E-state index contributed by atoms with van der Waals surface area (Å²) in [7, 11) is 0. The molecule has 1 heterocycles. The molecule has 1 fully saturated rings. The summed E-state index contributed by atoms with van der Waals surface area (Å²) in [5.41, 5.74) is 0.870. The van der Waals surface area contributed by atoms with Crippen LogP contribution in [0.15, 0.2) is 12.1 Å². The van der Waals surface area contributed by atoms with Crippen molar-refractivity contribution < 1.29 is 9.18 Å². The second kappa shape index (κ2) is 7.09. The Morgan fingerprint density at radius 2 is 2.29 bits per heavy atom. The lowest BCUT2D eigenvalue weighted by molar-refractivity contribution is 0.238. The molecule has 2 N–H and O–H groups in total. The molecule has 4 nitrogen and oxygen atoms in total. The van der Waals surface area contributed by atoms with E-state index in [2.05, 4.69) is 22.5 Å². The number of nitrogens with one attached hydrogen (secondary N) is 2. The maximum atomic E-state index is 13.3. The molecule has 1 aliphatic rings. The van der Waals surface area contributed by atoms with Crippen LogP contribution >= 0.6 is 11.6 Å². The second-order valence-corrected chi connectivity index (χ2v) is 5.75. The molecule has 1 atom stereocenters. The number of benzene rings is 1. The Bertz CT molecular complexity index is 524. The van der Waals surface area contributed by atoms with E-state index in [0.29, 0.717) is 23.8 Å². The Balaban J connectivity index is 1.89. The fraction of sp³-hybridized carbons (Fsp3) is 0.533. The van der Waals surface area contributed by atoms with E-state index in [1.54, 1.807) is 6.92 Å². The molecule has 0 unspecified atom stereocenters. The fourth-order valence-corrected chi connectivity index (χ4v) is 2.87. The van der Waals surface area contributed by atoms with Crippen LogP contribution in [0.4, 0.5) is 14.9 Å². The molecule has 6 heteroatoms. The van der Waals surface area contributed by atoms with Crippen molar-refractivity contribution in [3.05, 3.63) is 28.5 Å². The predicted octanol–water partition coefficient (Wildman–Crippen LogP) is 3.39. The van der Waals surface area contributed by atoms with E-state index in [1.165, 1.54) is 18.6 Å². The van der Waals surface area contributed by atoms with E-state index in [4.69, 9.17) is 11.6 Å². The summed E-state index contributed by atoms with van der Waals surface area (Å²) in [5.74, 6) is -0.379. The highest BCUT2D eigenvalue weighted by atomic mass is 35.5. The zero-order chi connectivity index (χ0) is 15.4. The molecule has 2 amide bonds. The first kappa shape index (κ1) is 16.0. The average Bonchev–Trinajstić information content (AvgIpc) is 2.90. The highest BCUT2D eigenvalue weighted by molar-refractivity contribution is 6.33. The molecule has 0 aromatic heterocycles. The van der Waals surface area contributed by atoms with Crippen molar-refractivity contribution in [2.24, 2.45) is 0 Å². The highest BCUT2D eigenvalue weighted by Crippen LogP contribution is 2.25. The average molecular weight is 314 g/mol. The summed E-state index contributed by atoms with van der Waals surface area (Å²) >= 11 is 5.93.